The Kier molecular flexibility index (Phi) is 5.99. The van der Waals surface area contributed by atoms with Crippen LogP contribution in [0.15, 0.2) is 24.4 Å². The van der Waals surface area contributed by atoms with Gasteiger partial charge in [-0.3, -0.25) is 9.59 Å². The van der Waals surface area contributed by atoms with E-state index in [1.165, 1.54) is 29.3 Å². The molecule has 2 unspecified atom stereocenters. The van der Waals surface area contributed by atoms with Crippen molar-refractivity contribution in [1.29, 1.82) is 0 Å². The van der Waals surface area contributed by atoms with Crippen molar-refractivity contribution < 1.29 is 14.7 Å². The van der Waals surface area contributed by atoms with Crippen LogP contribution in [0, 0.1) is 11.8 Å². The minimum absolute atomic E-state index is 0.0672. The summed E-state index contributed by atoms with van der Waals surface area (Å²) in [7, 11) is 0. The summed E-state index contributed by atoms with van der Waals surface area (Å²) in [6, 6.07) is 5.69. The number of anilines is 2. The van der Waals surface area contributed by atoms with Gasteiger partial charge in [0.2, 0.25) is 0 Å². The molecule has 0 bridgehead atoms. The highest BCUT2D eigenvalue weighted by molar-refractivity contribution is 7.99. The quantitative estimate of drug-likeness (QED) is 0.316. The number of nitrogens with one attached hydrogen (secondary N) is 2. The number of aliphatic hydroxyl groups is 1. The van der Waals surface area contributed by atoms with E-state index in [-0.39, 0.29) is 36.0 Å². The number of nitrogens with two attached hydrogens (primary N) is 1. The molecular weight excluding hydrogens is 490 g/mol. The fourth-order valence-electron chi connectivity index (χ4n) is 5.36. The molecule has 3 heterocycles. The molecule has 0 saturated heterocycles. The molecule has 37 heavy (non-hydrogen) atoms. The fourth-order valence-corrected chi connectivity index (χ4v) is 5.74. The molecule has 11 heteroatoms. The zero-order valence-corrected chi connectivity index (χ0v) is 21.7. The summed E-state index contributed by atoms with van der Waals surface area (Å²) in [5, 5.41) is 16.9. The van der Waals surface area contributed by atoms with Gasteiger partial charge in [-0.15, -0.1) is 5.10 Å². The maximum Gasteiger partial charge on any atom is 0.259 e. The van der Waals surface area contributed by atoms with Crippen LogP contribution in [0.3, 0.4) is 0 Å². The average molecular weight is 522 g/mol. The monoisotopic (exact) mass is 521 g/mol. The molecule has 3 aliphatic rings. The topological polar surface area (TPSA) is 138 Å². The lowest BCUT2D eigenvalue weighted by molar-refractivity contribution is 0.0698. The second-order valence-corrected chi connectivity index (χ2v) is 10.9. The highest BCUT2D eigenvalue weighted by Crippen LogP contribution is 2.41. The van der Waals surface area contributed by atoms with E-state index in [1.807, 2.05) is 29.4 Å². The number of benzene rings is 1. The predicted molar refractivity (Wildman–Crippen MR) is 143 cm³/mol. The molecule has 2 aromatic heterocycles. The predicted octanol–water partition coefficient (Wildman–Crippen LogP) is 2.92. The summed E-state index contributed by atoms with van der Waals surface area (Å²) >= 11 is 1.44. The summed E-state index contributed by atoms with van der Waals surface area (Å²) in [5.74, 6) is 0.637. The van der Waals surface area contributed by atoms with E-state index >= 15 is 0 Å². The van der Waals surface area contributed by atoms with Gasteiger partial charge in [-0.1, -0.05) is 11.9 Å². The molecule has 5 N–H and O–H groups in total. The van der Waals surface area contributed by atoms with Crippen molar-refractivity contribution in [3.63, 3.8) is 0 Å². The third kappa shape index (κ3) is 4.29. The zero-order chi connectivity index (χ0) is 25.8. The van der Waals surface area contributed by atoms with Gasteiger partial charge in [0.15, 0.2) is 11.5 Å². The van der Waals surface area contributed by atoms with E-state index in [9.17, 15) is 14.7 Å². The van der Waals surface area contributed by atoms with Gasteiger partial charge in [0.25, 0.3) is 11.8 Å². The molecule has 0 spiro atoms. The first kappa shape index (κ1) is 24.1. The Morgan fingerprint density at radius 3 is 2.70 bits per heavy atom. The Morgan fingerprint density at radius 2 is 2.03 bits per heavy atom. The SMILES string of the molecule is CSNc1cc(-c2ccn3nc(N)c(C(=O)NC(CO)C4CC4)c3n2)cc2c1C(=O)N(C(C)C1CC1)C2. The third-order valence-corrected chi connectivity index (χ3v) is 8.21. The van der Waals surface area contributed by atoms with Gasteiger partial charge in [-0.2, -0.15) is 0 Å². The van der Waals surface area contributed by atoms with Crippen molar-refractivity contribution >= 4 is 40.9 Å². The second kappa shape index (κ2) is 9.21. The minimum atomic E-state index is -0.392. The van der Waals surface area contributed by atoms with Crippen molar-refractivity contribution in [1.82, 2.24) is 24.8 Å². The number of nitrogen functional groups attached to an aromatic ring is 1. The summed E-state index contributed by atoms with van der Waals surface area (Å²) in [5.41, 5.74) is 10.6. The first-order valence-corrected chi connectivity index (χ1v) is 14.0. The van der Waals surface area contributed by atoms with Gasteiger partial charge >= 0.3 is 0 Å². The molecule has 1 aromatic carbocycles. The summed E-state index contributed by atoms with van der Waals surface area (Å²) in [4.78, 5) is 33.2. The number of aromatic nitrogens is 3. The number of hydrogen-bond donors (Lipinski definition) is 4. The van der Waals surface area contributed by atoms with Crippen LogP contribution in [0.2, 0.25) is 0 Å². The lowest BCUT2D eigenvalue weighted by Crippen LogP contribution is -2.39. The molecule has 2 aliphatic carbocycles. The van der Waals surface area contributed by atoms with Crippen molar-refractivity contribution in [3.05, 3.63) is 41.1 Å². The van der Waals surface area contributed by atoms with Gasteiger partial charge < -0.3 is 25.8 Å². The Labute approximate surface area is 219 Å². The molecule has 10 nitrogen and oxygen atoms in total. The van der Waals surface area contributed by atoms with Crippen LogP contribution in [0.25, 0.3) is 16.9 Å². The summed E-state index contributed by atoms with van der Waals surface area (Å²) in [6.45, 7) is 2.59. The fraction of sp³-hybridized carbons (Fsp3) is 0.462. The molecule has 2 atom stereocenters. The highest BCUT2D eigenvalue weighted by Gasteiger charge is 2.40. The number of amides is 2. The van der Waals surface area contributed by atoms with Crippen LogP contribution in [0.4, 0.5) is 11.5 Å². The molecular formula is C26H31N7O3S. The molecule has 0 radical (unpaired) electrons. The summed E-state index contributed by atoms with van der Waals surface area (Å²) < 4.78 is 4.78. The van der Waals surface area contributed by atoms with Gasteiger partial charge in [0, 0.05) is 30.6 Å². The molecule has 2 fully saturated rings. The van der Waals surface area contributed by atoms with E-state index in [2.05, 4.69) is 22.1 Å². The first-order chi connectivity index (χ1) is 17.9. The van der Waals surface area contributed by atoms with E-state index < -0.39 is 5.91 Å². The van der Waals surface area contributed by atoms with E-state index in [1.54, 1.807) is 6.20 Å². The number of aliphatic hydroxyl groups excluding tert-OH is 1. The number of nitrogens with zero attached hydrogens (tertiary/aromatic N) is 4. The van der Waals surface area contributed by atoms with Crippen molar-refractivity contribution in [2.45, 2.75) is 51.2 Å². The smallest absolute Gasteiger partial charge is 0.259 e. The first-order valence-electron chi connectivity index (χ1n) is 12.7. The molecule has 6 rings (SSSR count). The normalized spacial score (nSPS) is 18.7. The van der Waals surface area contributed by atoms with Gasteiger partial charge in [0.05, 0.1) is 29.6 Å². The van der Waals surface area contributed by atoms with Crippen LogP contribution in [-0.4, -0.2) is 61.4 Å². The number of fused-ring (bicyclic) bond motifs is 2. The number of hydrogen-bond acceptors (Lipinski definition) is 8. The maximum atomic E-state index is 13.3. The Bertz CT molecular complexity index is 1400. The zero-order valence-electron chi connectivity index (χ0n) is 20.9. The average Bonchev–Trinajstić information content (AvgIpc) is 3.81. The van der Waals surface area contributed by atoms with Gasteiger partial charge in [-0.05, 0) is 68.2 Å². The lowest BCUT2D eigenvalue weighted by atomic mass is 10.0. The molecule has 194 valence electrons. The maximum absolute atomic E-state index is 13.3. The Morgan fingerprint density at radius 1 is 1.27 bits per heavy atom. The third-order valence-electron chi connectivity index (χ3n) is 7.78. The minimum Gasteiger partial charge on any atom is -0.394 e. The van der Waals surface area contributed by atoms with Crippen molar-refractivity contribution in [2.24, 2.45) is 11.8 Å². The van der Waals surface area contributed by atoms with Crippen molar-refractivity contribution in [3.8, 4) is 11.3 Å². The van der Waals surface area contributed by atoms with E-state index in [4.69, 9.17) is 10.7 Å². The second-order valence-electron chi connectivity index (χ2n) is 10.3. The van der Waals surface area contributed by atoms with Crippen LogP contribution < -0.4 is 15.8 Å². The van der Waals surface area contributed by atoms with Gasteiger partial charge in [-0.25, -0.2) is 9.50 Å². The number of carbonyl (C=O) groups is 2. The highest BCUT2D eigenvalue weighted by atomic mass is 32.2. The van der Waals surface area contributed by atoms with E-state index in [0.29, 0.717) is 29.7 Å². The lowest BCUT2D eigenvalue weighted by Gasteiger charge is -2.24. The van der Waals surface area contributed by atoms with Crippen LogP contribution in [0.1, 0.15) is 58.9 Å². The van der Waals surface area contributed by atoms with E-state index in [0.717, 1.165) is 35.2 Å². The molecule has 1 aliphatic heterocycles. The summed E-state index contributed by atoms with van der Waals surface area (Å²) in [6.07, 6.45) is 7.99. The van der Waals surface area contributed by atoms with Crippen molar-refractivity contribution in [2.75, 3.05) is 23.3 Å². The van der Waals surface area contributed by atoms with Crippen LogP contribution in [-0.2, 0) is 6.54 Å². The number of carbonyl (C=O) groups excluding carboxylic acids is 2. The Balaban J connectivity index is 1.37. The van der Waals surface area contributed by atoms with Crippen LogP contribution >= 0.6 is 11.9 Å². The Hall–Kier alpha value is -3.31. The standard InChI is InChI=1S/C26H31N7O3S/c1-13(14-3-4-14)32-11-17-9-16(10-19(31-37-2)21(17)26(32)36)18-7-8-33-24(28-18)22(23(27)30-33)25(35)29-20(12-34)15-5-6-15/h7-10,13-15,20,31,34H,3-6,11-12H2,1-2H3,(H2,27,30)(H,29,35). The largest absolute Gasteiger partial charge is 0.394 e. The molecule has 3 aromatic rings. The number of rotatable bonds is 9. The molecule has 2 saturated carbocycles. The van der Waals surface area contributed by atoms with Gasteiger partial charge in [0.1, 0.15) is 5.56 Å². The van der Waals surface area contributed by atoms with Crippen LogP contribution in [0.5, 0.6) is 0 Å². The molecule has 2 amide bonds.